The van der Waals surface area contributed by atoms with Crippen LogP contribution in [0.3, 0.4) is 0 Å². The number of methoxy groups -OCH3 is 1. The van der Waals surface area contributed by atoms with E-state index in [9.17, 15) is 19.5 Å². The molecule has 2 aliphatic carbocycles. The first-order valence-electron chi connectivity index (χ1n) is 11.6. The third kappa shape index (κ3) is 5.56. The van der Waals surface area contributed by atoms with E-state index in [1.165, 1.54) is 7.11 Å². The molecule has 8 heteroatoms. The monoisotopic (exact) mass is 466 g/mol. The van der Waals surface area contributed by atoms with E-state index in [0.717, 1.165) is 35.1 Å². The molecule has 0 radical (unpaired) electrons. The second-order valence-corrected chi connectivity index (χ2v) is 8.84. The number of hydrogen-bond donors (Lipinski definition) is 3. The number of ether oxygens (including phenoxy) is 2. The van der Waals surface area contributed by atoms with E-state index in [1.807, 2.05) is 24.3 Å². The number of carboxylic acids is 1. The Kier molecular flexibility index (Phi) is 7.47. The van der Waals surface area contributed by atoms with Gasteiger partial charge in [-0.3, -0.25) is 4.79 Å². The molecule has 2 aromatic rings. The first-order chi connectivity index (χ1) is 16.5. The van der Waals surface area contributed by atoms with Crippen molar-refractivity contribution in [1.82, 2.24) is 10.6 Å². The lowest BCUT2D eigenvalue weighted by Gasteiger charge is -2.20. The Morgan fingerprint density at radius 3 is 2.21 bits per heavy atom. The van der Waals surface area contributed by atoms with Gasteiger partial charge in [0.1, 0.15) is 18.8 Å². The summed E-state index contributed by atoms with van der Waals surface area (Å²) in [7, 11) is 1.38. The molecule has 2 atom stereocenters. The molecular weight excluding hydrogens is 436 g/mol. The van der Waals surface area contributed by atoms with Crippen LogP contribution in [0.5, 0.6) is 0 Å². The third-order valence-corrected chi connectivity index (χ3v) is 6.48. The Morgan fingerprint density at radius 1 is 1.03 bits per heavy atom. The number of carboxylic acid groups (broad SMARTS) is 1. The minimum atomic E-state index is -1.05. The zero-order valence-corrected chi connectivity index (χ0v) is 19.2. The first kappa shape index (κ1) is 23.8. The molecule has 8 nitrogen and oxygen atoms in total. The lowest BCUT2D eigenvalue weighted by atomic mass is 9.98. The van der Waals surface area contributed by atoms with Crippen LogP contribution in [0.4, 0.5) is 4.79 Å². The summed E-state index contributed by atoms with van der Waals surface area (Å²) in [6, 6.07) is 15.3. The zero-order chi connectivity index (χ0) is 24.1. The van der Waals surface area contributed by atoms with Gasteiger partial charge in [0.05, 0.1) is 0 Å². The quantitative estimate of drug-likeness (QED) is 0.468. The molecule has 4 rings (SSSR count). The molecule has 2 aromatic carbocycles. The van der Waals surface area contributed by atoms with E-state index in [4.69, 9.17) is 9.47 Å². The standard InChI is InChI=1S/C26H30N2O6/c1-33-23(24(29)28-22(25(30)31)14-16-10-11-16)12-13-27-26(32)34-15-21-19-8-4-2-6-17(19)18-7-3-5-9-20(18)21/h2-9,16,21-23H,10-15H2,1H3,(H,27,32)(H,28,29)(H,30,31). The molecule has 34 heavy (non-hydrogen) atoms. The van der Waals surface area contributed by atoms with Crippen molar-refractivity contribution in [3.8, 4) is 11.1 Å². The minimum absolute atomic E-state index is 0.0323. The Balaban J connectivity index is 1.25. The van der Waals surface area contributed by atoms with Crippen LogP contribution in [0.2, 0.25) is 0 Å². The summed E-state index contributed by atoms with van der Waals surface area (Å²) in [5.41, 5.74) is 4.57. The van der Waals surface area contributed by atoms with Gasteiger partial charge in [0.25, 0.3) is 0 Å². The fourth-order valence-electron chi connectivity index (χ4n) is 4.48. The van der Waals surface area contributed by atoms with Crippen molar-refractivity contribution < 1.29 is 29.0 Å². The summed E-state index contributed by atoms with van der Waals surface area (Å²) in [6.45, 7) is 0.360. The molecule has 0 saturated heterocycles. The van der Waals surface area contributed by atoms with Gasteiger partial charge < -0.3 is 25.2 Å². The number of aliphatic carboxylic acids is 1. The molecule has 2 amide bonds. The lowest BCUT2D eigenvalue weighted by molar-refractivity contribution is -0.144. The summed E-state index contributed by atoms with van der Waals surface area (Å²) < 4.78 is 10.7. The van der Waals surface area contributed by atoms with Crippen molar-refractivity contribution in [3.63, 3.8) is 0 Å². The molecule has 180 valence electrons. The lowest BCUT2D eigenvalue weighted by Crippen LogP contribution is -2.47. The summed E-state index contributed by atoms with van der Waals surface area (Å²) in [5, 5.41) is 14.6. The number of amides is 2. The van der Waals surface area contributed by atoms with E-state index in [2.05, 4.69) is 34.9 Å². The molecule has 2 unspecified atom stereocenters. The SMILES string of the molecule is COC(CCNC(=O)OCC1c2ccccc2-c2ccccc21)C(=O)NC(CC1CC1)C(=O)O. The molecule has 0 aromatic heterocycles. The van der Waals surface area contributed by atoms with Crippen molar-refractivity contribution >= 4 is 18.0 Å². The van der Waals surface area contributed by atoms with Crippen LogP contribution >= 0.6 is 0 Å². The highest BCUT2D eigenvalue weighted by Gasteiger charge is 2.32. The van der Waals surface area contributed by atoms with Gasteiger partial charge in [-0.15, -0.1) is 0 Å². The van der Waals surface area contributed by atoms with Crippen LogP contribution < -0.4 is 10.6 Å². The second-order valence-electron chi connectivity index (χ2n) is 8.84. The molecular formula is C26H30N2O6. The Bertz CT molecular complexity index is 1010. The van der Waals surface area contributed by atoms with Gasteiger partial charge in [0, 0.05) is 26.0 Å². The van der Waals surface area contributed by atoms with Gasteiger partial charge in [-0.25, -0.2) is 9.59 Å². The predicted octanol–water partition coefficient (Wildman–Crippen LogP) is 3.30. The van der Waals surface area contributed by atoms with Gasteiger partial charge in [-0.05, 0) is 34.6 Å². The second kappa shape index (κ2) is 10.7. The van der Waals surface area contributed by atoms with E-state index < -0.39 is 30.1 Å². The van der Waals surface area contributed by atoms with Crippen LogP contribution in [0.15, 0.2) is 48.5 Å². The highest BCUT2D eigenvalue weighted by atomic mass is 16.5. The van der Waals surface area contributed by atoms with Crippen molar-refractivity contribution in [3.05, 3.63) is 59.7 Å². The van der Waals surface area contributed by atoms with Crippen LogP contribution in [-0.4, -0.2) is 55.5 Å². The summed E-state index contributed by atoms with van der Waals surface area (Å²) in [6.07, 6.45) is 1.18. The van der Waals surface area contributed by atoms with E-state index in [1.54, 1.807) is 0 Å². The minimum Gasteiger partial charge on any atom is -0.480 e. The molecule has 0 heterocycles. The molecule has 3 N–H and O–H groups in total. The maximum Gasteiger partial charge on any atom is 0.407 e. The molecule has 1 saturated carbocycles. The third-order valence-electron chi connectivity index (χ3n) is 6.48. The Hall–Kier alpha value is -3.39. The Labute approximate surface area is 198 Å². The molecule has 0 spiro atoms. The molecule has 1 fully saturated rings. The number of benzene rings is 2. The maximum atomic E-state index is 12.5. The number of fused-ring (bicyclic) bond motifs is 3. The number of carbonyl (C=O) groups excluding carboxylic acids is 2. The zero-order valence-electron chi connectivity index (χ0n) is 19.2. The van der Waals surface area contributed by atoms with E-state index in [-0.39, 0.29) is 25.5 Å². The van der Waals surface area contributed by atoms with Crippen molar-refractivity contribution in [2.75, 3.05) is 20.3 Å². The topological polar surface area (TPSA) is 114 Å². The number of hydrogen-bond acceptors (Lipinski definition) is 5. The van der Waals surface area contributed by atoms with Crippen LogP contribution in [-0.2, 0) is 19.1 Å². The predicted molar refractivity (Wildman–Crippen MR) is 125 cm³/mol. The normalized spacial score (nSPS) is 16.1. The van der Waals surface area contributed by atoms with E-state index >= 15 is 0 Å². The Morgan fingerprint density at radius 2 is 1.65 bits per heavy atom. The first-order valence-corrected chi connectivity index (χ1v) is 11.6. The molecule has 0 bridgehead atoms. The van der Waals surface area contributed by atoms with Gasteiger partial charge in [-0.1, -0.05) is 61.4 Å². The number of carbonyl (C=O) groups is 3. The summed E-state index contributed by atoms with van der Waals surface area (Å²) >= 11 is 0. The van der Waals surface area contributed by atoms with Crippen LogP contribution in [0, 0.1) is 5.92 Å². The average molecular weight is 467 g/mol. The van der Waals surface area contributed by atoms with Gasteiger partial charge in [-0.2, -0.15) is 0 Å². The fraction of sp³-hybridized carbons (Fsp3) is 0.423. The van der Waals surface area contributed by atoms with Crippen LogP contribution in [0.1, 0.15) is 42.7 Å². The largest absolute Gasteiger partial charge is 0.480 e. The van der Waals surface area contributed by atoms with Gasteiger partial charge >= 0.3 is 12.1 Å². The van der Waals surface area contributed by atoms with Crippen molar-refractivity contribution in [2.45, 2.75) is 43.7 Å². The smallest absolute Gasteiger partial charge is 0.407 e. The van der Waals surface area contributed by atoms with Crippen molar-refractivity contribution in [2.24, 2.45) is 5.92 Å². The average Bonchev–Trinajstić information content (AvgIpc) is 3.60. The van der Waals surface area contributed by atoms with Crippen LogP contribution in [0.25, 0.3) is 11.1 Å². The van der Waals surface area contributed by atoms with E-state index in [0.29, 0.717) is 12.3 Å². The summed E-state index contributed by atoms with van der Waals surface area (Å²) in [5.74, 6) is -1.22. The van der Waals surface area contributed by atoms with Crippen molar-refractivity contribution in [1.29, 1.82) is 0 Å². The summed E-state index contributed by atoms with van der Waals surface area (Å²) in [4.78, 5) is 36.2. The highest BCUT2D eigenvalue weighted by molar-refractivity contribution is 5.86. The van der Waals surface area contributed by atoms with Gasteiger partial charge in [0.2, 0.25) is 5.91 Å². The number of alkyl carbamates (subject to hydrolysis) is 1. The molecule has 0 aliphatic heterocycles. The highest BCUT2D eigenvalue weighted by Crippen LogP contribution is 2.44. The number of rotatable bonds is 11. The maximum absolute atomic E-state index is 12.5. The fourth-order valence-corrected chi connectivity index (χ4v) is 4.48. The number of nitrogens with one attached hydrogen (secondary N) is 2. The molecule has 2 aliphatic rings. The van der Waals surface area contributed by atoms with Gasteiger partial charge in [0.15, 0.2) is 0 Å².